The molecule has 5 heteroatoms. The molecule has 0 unspecified atom stereocenters. The Labute approximate surface area is 91.3 Å². The van der Waals surface area contributed by atoms with E-state index in [-0.39, 0.29) is 11.8 Å². The summed E-state index contributed by atoms with van der Waals surface area (Å²) in [6.45, 7) is 5.99. The molecule has 0 spiro atoms. The maximum atomic E-state index is 12.0. The average molecular weight is 237 g/mol. The highest BCUT2D eigenvalue weighted by molar-refractivity contribution is 7.09. The second kappa shape index (κ2) is 4.12. The molecule has 0 atom stereocenters. The van der Waals surface area contributed by atoms with Crippen LogP contribution in [0.15, 0.2) is 5.38 Å². The number of aromatic nitrogens is 1. The molecule has 0 aliphatic carbocycles. The van der Waals surface area contributed by atoms with E-state index in [2.05, 4.69) is 4.98 Å². The molecular formula is C10H14F3NS. The lowest BCUT2D eigenvalue weighted by atomic mass is 9.93. The van der Waals surface area contributed by atoms with Gasteiger partial charge < -0.3 is 0 Å². The van der Waals surface area contributed by atoms with Crippen molar-refractivity contribution in [1.82, 2.24) is 4.98 Å². The SMILES string of the molecule is CC(C)(C)c1csc(CCC(F)(F)F)n1. The Balaban J connectivity index is 2.62. The van der Waals surface area contributed by atoms with Crippen LogP contribution in [0.25, 0.3) is 0 Å². The van der Waals surface area contributed by atoms with Crippen molar-refractivity contribution >= 4 is 11.3 Å². The van der Waals surface area contributed by atoms with Gasteiger partial charge in [0, 0.05) is 23.6 Å². The number of rotatable bonds is 2. The Morgan fingerprint density at radius 2 is 1.87 bits per heavy atom. The number of alkyl halides is 3. The Bertz CT molecular complexity index is 322. The van der Waals surface area contributed by atoms with Gasteiger partial charge in [0.1, 0.15) is 0 Å². The Hall–Kier alpha value is -0.580. The summed E-state index contributed by atoms with van der Waals surface area (Å²) in [7, 11) is 0. The van der Waals surface area contributed by atoms with Gasteiger partial charge in [0.15, 0.2) is 0 Å². The summed E-state index contributed by atoms with van der Waals surface area (Å²) >= 11 is 1.31. The van der Waals surface area contributed by atoms with Crippen LogP contribution in [0.1, 0.15) is 37.9 Å². The van der Waals surface area contributed by atoms with Crippen LogP contribution in [0.4, 0.5) is 13.2 Å². The van der Waals surface area contributed by atoms with Crippen molar-refractivity contribution in [2.75, 3.05) is 0 Å². The molecule has 0 saturated carbocycles. The monoisotopic (exact) mass is 237 g/mol. The molecule has 0 fully saturated rings. The van der Waals surface area contributed by atoms with Gasteiger partial charge in [-0.2, -0.15) is 13.2 Å². The number of halogens is 3. The zero-order valence-corrected chi connectivity index (χ0v) is 9.80. The van der Waals surface area contributed by atoms with Gasteiger partial charge in [-0.3, -0.25) is 0 Å². The van der Waals surface area contributed by atoms with Gasteiger partial charge in [-0.1, -0.05) is 20.8 Å². The molecule has 0 saturated heterocycles. The van der Waals surface area contributed by atoms with E-state index in [4.69, 9.17) is 0 Å². The Kier molecular flexibility index (Phi) is 3.43. The van der Waals surface area contributed by atoms with E-state index in [1.54, 1.807) is 0 Å². The largest absolute Gasteiger partial charge is 0.389 e. The van der Waals surface area contributed by atoms with Crippen LogP contribution in [0.5, 0.6) is 0 Å². The molecule has 0 radical (unpaired) electrons. The van der Waals surface area contributed by atoms with Gasteiger partial charge in [-0.15, -0.1) is 11.3 Å². The summed E-state index contributed by atoms with van der Waals surface area (Å²) < 4.78 is 35.9. The fraction of sp³-hybridized carbons (Fsp3) is 0.700. The van der Waals surface area contributed by atoms with E-state index in [1.807, 2.05) is 26.2 Å². The average Bonchev–Trinajstić information content (AvgIpc) is 2.45. The van der Waals surface area contributed by atoms with Gasteiger partial charge >= 0.3 is 6.18 Å². The Morgan fingerprint density at radius 1 is 1.27 bits per heavy atom. The van der Waals surface area contributed by atoms with Crippen molar-refractivity contribution < 1.29 is 13.2 Å². The third-order valence-electron chi connectivity index (χ3n) is 1.94. The van der Waals surface area contributed by atoms with Gasteiger partial charge in [-0.05, 0) is 0 Å². The second-order valence-corrected chi connectivity index (χ2v) is 5.43. The van der Waals surface area contributed by atoms with Crippen molar-refractivity contribution in [2.45, 2.75) is 45.2 Å². The Morgan fingerprint density at radius 3 is 2.27 bits per heavy atom. The summed E-state index contributed by atoms with van der Waals surface area (Å²) in [5.41, 5.74) is 0.775. The van der Waals surface area contributed by atoms with Gasteiger partial charge in [0.05, 0.1) is 10.7 Å². The highest BCUT2D eigenvalue weighted by Crippen LogP contribution is 2.27. The maximum Gasteiger partial charge on any atom is 0.389 e. The first kappa shape index (κ1) is 12.5. The number of aryl methyl sites for hydroxylation is 1. The van der Waals surface area contributed by atoms with E-state index in [0.717, 1.165) is 5.69 Å². The first-order valence-corrected chi connectivity index (χ1v) is 5.58. The highest BCUT2D eigenvalue weighted by atomic mass is 32.1. The number of thiazole rings is 1. The van der Waals surface area contributed by atoms with Crippen molar-refractivity contribution in [3.05, 3.63) is 16.1 Å². The number of nitrogens with zero attached hydrogens (tertiary/aromatic N) is 1. The standard InChI is InChI=1S/C10H14F3NS/c1-9(2,3)7-6-15-8(14-7)4-5-10(11,12)13/h6H,4-5H2,1-3H3. The molecule has 0 amide bonds. The van der Waals surface area contributed by atoms with Crippen LogP contribution in [0, 0.1) is 0 Å². The zero-order valence-electron chi connectivity index (χ0n) is 8.98. The van der Waals surface area contributed by atoms with Crippen molar-refractivity contribution in [2.24, 2.45) is 0 Å². The lowest BCUT2D eigenvalue weighted by Crippen LogP contribution is -2.12. The summed E-state index contributed by atoms with van der Waals surface area (Å²) in [5, 5.41) is 2.41. The van der Waals surface area contributed by atoms with E-state index < -0.39 is 12.6 Å². The van der Waals surface area contributed by atoms with Gasteiger partial charge in [0.25, 0.3) is 0 Å². The third-order valence-corrected chi connectivity index (χ3v) is 2.85. The van der Waals surface area contributed by atoms with E-state index in [9.17, 15) is 13.2 Å². The summed E-state index contributed by atoms with van der Waals surface area (Å²) in [4.78, 5) is 4.20. The maximum absolute atomic E-state index is 12.0. The number of hydrogen-bond donors (Lipinski definition) is 0. The topological polar surface area (TPSA) is 12.9 Å². The van der Waals surface area contributed by atoms with Crippen LogP contribution in [0.3, 0.4) is 0 Å². The minimum atomic E-state index is -4.09. The molecule has 15 heavy (non-hydrogen) atoms. The lowest BCUT2D eigenvalue weighted by molar-refractivity contribution is -0.134. The molecule has 0 aliphatic rings. The molecule has 1 aromatic rings. The first-order chi connectivity index (χ1) is 6.68. The zero-order chi connectivity index (χ0) is 11.7. The van der Waals surface area contributed by atoms with Crippen LogP contribution in [-0.2, 0) is 11.8 Å². The van der Waals surface area contributed by atoms with Crippen molar-refractivity contribution in [1.29, 1.82) is 0 Å². The summed E-state index contributed by atoms with van der Waals surface area (Å²) in [6.07, 6.45) is -4.89. The quantitative estimate of drug-likeness (QED) is 0.759. The molecule has 1 aromatic heterocycles. The molecular weight excluding hydrogens is 223 g/mol. The van der Waals surface area contributed by atoms with Crippen LogP contribution >= 0.6 is 11.3 Å². The van der Waals surface area contributed by atoms with Gasteiger partial charge in [0.2, 0.25) is 0 Å². The van der Waals surface area contributed by atoms with Crippen LogP contribution in [-0.4, -0.2) is 11.2 Å². The molecule has 86 valence electrons. The molecule has 1 rings (SSSR count). The van der Waals surface area contributed by atoms with Crippen LogP contribution in [0.2, 0.25) is 0 Å². The van der Waals surface area contributed by atoms with Crippen molar-refractivity contribution in [3.63, 3.8) is 0 Å². The summed E-state index contributed by atoms with van der Waals surface area (Å²) in [6, 6.07) is 0. The van der Waals surface area contributed by atoms with Gasteiger partial charge in [-0.25, -0.2) is 4.98 Å². The van der Waals surface area contributed by atoms with Crippen molar-refractivity contribution in [3.8, 4) is 0 Å². The fourth-order valence-corrected chi connectivity index (χ4v) is 2.04. The molecule has 0 bridgehead atoms. The minimum absolute atomic E-state index is 0.00968. The molecule has 0 N–H and O–H groups in total. The predicted octanol–water partition coefficient (Wildman–Crippen LogP) is 3.94. The molecule has 1 heterocycles. The number of hydrogen-bond acceptors (Lipinski definition) is 2. The van der Waals surface area contributed by atoms with Crippen LogP contribution < -0.4 is 0 Å². The predicted molar refractivity (Wildman–Crippen MR) is 55.2 cm³/mol. The third kappa shape index (κ3) is 4.20. The lowest BCUT2D eigenvalue weighted by Gasteiger charge is -2.14. The fourth-order valence-electron chi connectivity index (χ4n) is 1.02. The summed E-state index contributed by atoms with van der Waals surface area (Å²) in [5.74, 6) is 0. The van der Waals surface area contributed by atoms with E-state index in [0.29, 0.717) is 5.01 Å². The first-order valence-electron chi connectivity index (χ1n) is 4.70. The van der Waals surface area contributed by atoms with E-state index >= 15 is 0 Å². The molecule has 0 aliphatic heterocycles. The molecule has 1 nitrogen and oxygen atoms in total. The minimum Gasteiger partial charge on any atom is -0.246 e. The van der Waals surface area contributed by atoms with E-state index in [1.165, 1.54) is 11.3 Å². The highest BCUT2D eigenvalue weighted by Gasteiger charge is 2.27. The molecule has 0 aromatic carbocycles. The second-order valence-electron chi connectivity index (χ2n) is 4.49. The smallest absolute Gasteiger partial charge is 0.246 e. The normalized spacial score (nSPS) is 13.2.